The largest absolute Gasteiger partial charge is 1.00 e. The zero-order chi connectivity index (χ0) is 21.5. The van der Waals surface area contributed by atoms with Crippen molar-refractivity contribution in [2.24, 2.45) is 0 Å². The van der Waals surface area contributed by atoms with Crippen LogP contribution in [0.15, 0.2) is 36.5 Å². The lowest BCUT2D eigenvalue weighted by molar-refractivity contribution is -0.686. The number of piperidine rings is 1. The van der Waals surface area contributed by atoms with E-state index in [1.165, 1.54) is 59.9 Å². The van der Waals surface area contributed by atoms with Gasteiger partial charge in [0.15, 0.2) is 24.2 Å². The van der Waals surface area contributed by atoms with E-state index in [2.05, 4.69) is 51.3 Å². The molecule has 0 saturated carbocycles. The van der Waals surface area contributed by atoms with Crippen molar-refractivity contribution in [3.05, 3.63) is 42.1 Å². The number of nitrogens with one attached hydrogen (secondary N) is 1. The van der Waals surface area contributed by atoms with Gasteiger partial charge in [0.1, 0.15) is 5.75 Å². The van der Waals surface area contributed by atoms with Gasteiger partial charge in [-0.3, -0.25) is 0 Å². The molecule has 1 fully saturated rings. The summed E-state index contributed by atoms with van der Waals surface area (Å²) in [5.74, 6) is 2.60. The monoisotopic (exact) mass is 467 g/mol. The minimum absolute atomic E-state index is 0. The number of likely N-dealkylation sites (tertiary alicyclic amines) is 1. The second-order valence-corrected chi connectivity index (χ2v) is 8.94. The summed E-state index contributed by atoms with van der Waals surface area (Å²) < 4.78 is 19.3. The first-order chi connectivity index (χ1) is 15.8. The van der Waals surface area contributed by atoms with Crippen molar-refractivity contribution in [3.63, 3.8) is 0 Å². The van der Waals surface area contributed by atoms with Gasteiger partial charge in [0.05, 0.1) is 23.7 Å². The normalized spacial score (nSPS) is 16.6. The summed E-state index contributed by atoms with van der Waals surface area (Å²) >= 11 is 0. The molecule has 4 heterocycles. The van der Waals surface area contributed by atoms with E-state index in [1.807, 2.05) is 0 Å². The number of ether oxygens (including phenoxy) is 3. The van der Waals surface area contributed by atoms with Crippen LogP contribution in [0.5, 0.6) is 17.2 Å². The predicted molar refractivity (Wildman–Crippen MR) is 125 cm³/mol. The lowest BCUT2D eigenvalue weighted by Gasteiger charge is -2.26. The molecule has 33 heavy (non-hydrogen) atoms. The average Bonchev–Trinajstić information content (AvgIpc) is 3.30. The Hall–Kier alpha value is -2.70. The summed E-state index contributed by atoms with van der Waals surface area (Å²) in [6.07, 6.45) is 7.28. The lowest BCUT2D eigenvalue weighted by atomic mass is 9.95. The lowest BCUT2D eigenvalue weighted by Crippen LogP contribution is -3.00. The molecule has 6 nitrogen and oxygen atoms in total. The molecule has 1 aromatic heterocycles. The number of benzene rings is 2. The highest BCUT2D eigenvalue weighted by Crippen LogP contribution is 2.41. The zero-order valence-corrected chi connectivity index (χ0v) is 19.8. The number of rotatable bonds is 5. The zero-order valence-electron chi connectivity index (χ0n) is 19.0. The molecule has 0 unspecified atom stereocenters. The quantitative estimate of drug-likeness (QED) is 0.567. The van der Waals surface area contributed by atoms with Crippen LogP contribution in [0.1, 0.15) is 24.8 Å². The Bertz CT molecular complexity index is 1180. The molecule has 174 valence electrons. The highest BCUT2D eigenvalue weighted by molar-refractivity contribution is 5.97. The minimum Gasteiger partial charge on any atom is -1.00 e. The number of hydrogen-bond donors (Lipinski definition) is 1. The van der Waals surface area contributed by atoms with Gasteiger partial charge in [0, 0.05) is 25.6 Å². The van der Waals surface area contributed by atoms with Crippen molar-refractivity contribution in [2.75, 3.05) is 45.4 Å². The molecule has 0 bridgehead atoms. The summed E-state index contributed by atoms with van der Waals surface area (Å²) in [4.78, 5) is 2.56. The van der Waals surface area contributed by atoms with Gasteiger partial charge in [-0.2, -0.15) is 4.57 Å². The smallest absolute Gasteiger partial charge is 0.231 e. The van der Waals surface area contributed by atoms with Crippen LogP contribution in [0.25, 0.3) is 22.0 Å². The van der Waals surface area contributed by atoms with Crippen molar-refractivity contribution in [3.8, 4) is 28.5 Å². The van der Waals surface area contributed by atoms with Crippen molar-refractivity contribution < 1.29 is 31.2 Å². The molecule has 3 aromatic rings. The summed E-state index contributed by atoms with van der Waals surface area (Å²) in [6.45, 7) is 5.68. The fraction of sp³-hybridized carbons (Fsp3) is 0.423. The molecule has 0 radical (unpaired) electrons. The molecule has 0 aliphatic carbocycles. The van der Waals surface area contributed by atoms with E-state index in [0.717, 1.165) is 49.0 Å². The molecular weight excluding hydrogens is 438 g/mol. The average molecular weight is 468 g/mol. The fourth-order valence-corrected chi connectivity index (χ4v) is 5.30. The Morgan fingerprint density at radius 2 is 1.88 bits per heavy atom. The SMILES string of the molecule is COc1ccc2cc3[n+](cc2c1NCCN1CCCCC1)CCc1cc2c(cc1-3)OCO2.[Cl-]. The third-order valence-electron chi connectivity index (χ3n) is 7.02. The highest BCUT2D eigenvalue weighted by atomic mass is 35.5. The van der Waals surface area contributed by atoms with Gasteiger partial charge in [-0.25, -0.2) is 0 Å². The molecule has 0 atom stereocenters. The molecule has 7 heteroatoms. The van der Waals surface area contributed by atoms with Crippen LogP contribution in [0.4, 0.5) is 5.69 Å². The fourth-order valence-electron chi connectivity index (χ4n) is 5.30. The summed E-state index contributed by atoms with van der Waals surface area (Å²) in [6, 6.07) is 10.8. The minimum atomic E-state index is 0. The molecule has 0 amide bonds. The van der Waals surface area contributed by atoms with Gasteiger partial charge in [0.2, 0.25) is 12.5 Å². The van der Waals surface area contributed by atoms with Gasteiger partial charge in [-0.05, 0) is 55.1 Å². The Kier molecular flexibility index (Phi) is 6.21. The van der Waals surface area contributed by atoms with Gasteiger partial charge in [-0.1, -0.05) is 12.5 Å². The maximum absolute atomic E-state index is 5.73. The number of fused-ring (bicyclic) bond motifs is 5. The molecule has 3 aliphatic heterocycles. The number of halogens is 1. The number of methoxy groups -OCH3 is 1. The van der Waals surface area contributed by atoms with Crippen molar-refractivity contribution in [1.82, 2.24) is 4.90 Å². The van der Waals surface area contributed by atoms with Gasteiger partial charge in [0.25, 0.3) is 0 Å². The molecule has 3 aliphatic rings. The first kappa shape index (κ1) is 22.1. The third-order valence-corrected chi connectivity index (χ3v) is 7.02. The van der Waals surface area contributed by atoms with Crippen molar-refractivity contribution in [1.29, 1.82) is 0 Å². The predicted octanol–water partition coefficient (Wildman–Crippen LogP) is 0.990. The van der Waals surface area contributed by atoms with Crippen LogP contribution in [-0.4, -0.2) is 45.0 Å². The van der Waals surface area contributed by atoms with E-state index in [4.69, 9.17) is 14.2 Å². The van der Waals surface area contributed by atoms with Crippen LogP contribution in [0.3, 0.4) is 0 Å². The van der Waals surface area contributed by atoms with Gasteiger partial charge < -0.3 is 36.8 Å². The summed E-state index contributed by atoms with van der Waals surface area (Å²) in [5, 5.41) is 6.11. The summed E-state index contributed by atoms with van der Waals surface area (Å²) in [7, 11) is 1.75. The van der Waals surface area contributed by atoms with Crippen LogP contribution < -0.4 is 36.5 Å². The Morgan fingerprint density at radius 1 is 1.06 bits per heavy atom. The molecule has 2 aromatic carbocycles. The maximum atomic E-state index is 5.73. The number of aryl methyl sites for hydroxylation is 2. The van der Waals surface area contributed by atoms with E-state index >= 15 is 0 Å². The van der Waals surface area contributed by atoms with Crippen molar-refractivity contribution >= 4 is 16.5 Å². The first-order valence-corrected chi connectivity index (χ1v) is 11.7. The number of nitrogens with zero attached hydrogens (tertiary/aromatic N) is 2. The maximum Gasteiger partial charge on any atom is 0.231 e. The number of hydrogen-bond acceptors (Lipinski definition) is 5. The van der Waals surface area contributed by atoms with E-state index in [-0.39, 0.29) is 12.4 Å². The number of anilines is 1. The topological polar surface area (TPSA) is 46.8 Å². The molecule has 0 spiro atoms. The van der Waals surface area contributed by atoms with E-state index in [9.17, 15) is 0 Å². The van der Waals surface area contributed by atoms with Crippen LogP contribution in [-0.2, 0) is 13.0 Å². The van der Waals surface area contributed by atoms with E-state index in [1.54, 1.807) is 7.11 Å². The number of aromatic nitrogens is 1. The molecule has 6 rings (SSSR count). The van der Waals surface area contributed by atoms with E-state index < -0.39 is 0 Å². The van der Waals surface area contributed by atoms with E-state index in [0.29, 0.717) is 6.79 Å². The molecule has 1 saturated heterocycles. The number of pyridine rings is 1. The van der Waals surface area contributed by atoms with Crippen molar-refractivity contribution in [2.45, 2.75) is 32.2 Å². The standard InChI is InChI=1S/C26H29N3O3.ClH/c1-30-23-6-5-18-13-22-20-15-25-24(31-17-32-25)14-19(20)7-11-29(22)16-21(18)26(23)27-8-12-28-9-3-2-4-10-28;/h5-6,13-16H,2-4,7-12,17H2,1H3;1H. The van der Waals surface area contributed by atoms with Gasteiger partial charge in [-0.15, -0.1) is 0 Å². The molecule has 1 N–H and O–H groups in total. The van der Waals surface area contributed by atoms with Crippen LogP contribution in [0.2, 0.25) is 0 Å². The van der Waals surface area contributed by atoms with Crippen LogP contribution >= 0.6 is 0 Å². The Balaban J connectivity index is 0.00000228. The van der Waals surface area contributed by atoms with Gasteiger partial charge >= 0.3 is 0 Å². The summed E-state index contributed by atoms with van der Waals surface area (Å²) in [5.41, 5.74) is 4.87. The third kappa shape index (κ3) is 4.06. The second-order valence-electron chi connectivity index (χ2n) is 8.94. The Morgan fingerprint density at radius 3 is 2.70 bits per heavy atom. The first-order valence-electron chi connectivity index (χ1n) is 11.7. The molecular formula is C26H30ClN3O3. The van der Waals surface area contributed by atoms with Crippen LogP contribution in [0, 0.1) is 0 Å². The highest BCUT2D eigenvalue weighted by Gasteiger charge is 2.28. The second kappa shape index (κ2) is 9.27. The Labute approximate surface area is 200 Å².